The van der Waals surface area contributed by atoms with E-state index in [2.05, 4.69) is 19.9 Å². The summed E-state index contributed by atoms with van der Waals surface area (Å²) in [5, 5.41) is 0.973. The van der Waals surface area contributed by atoms with Gasteiger partial charge in [-0.25, -0.2) is 15.0 Å². The molecule has 8 heteroatoms. The Morgan fingerprint density at radius 2 is 2.15 bits per heavy atom. The maximum absolute atomic E-state index is 12.3. The summed E-state index contributed by atoms with van der Waals surface area (Å²) in [4.78, 5) is 30.2. The molecule has 0 aromatic carbocycles. The number of morpholine rings is 1. The Kier molecular flexibility index (Phi) is 4.49. The van der Waals surface area contributed by atoms with Crippen LogP contribution >= 0.6 is 0 Å². The summed E-state index contributed by atoms with van der Waals surface area (Å²) in [6, 6.07) is 5.75. The Bertz CT molecular complexity index is 932. The highest BCUT2D eigenvalue weighted by Crippen LogP contribution is 2.27. The van der Waals surface area contributed by atoms with Gasteiger partial charge in [0.15, 0.2) is 0 Å². The van der Waals surface area contributed by atoms with Crippen LogP contribution in [-0.2, 0) is 16.0 Å². The van der Waals surface area contributed by atoms with Crippen molar-refractivity contribution in [2.45, 2.75) is 12.8 Å². The highest BCUT2D eigenvalue weighted by Gasteiger charge is 2.17. The van der Waals surface area contributed by atoms with Gasteiger partial charge in [0.2, 0.25) is 11.9 Å². The molecule has 0 atom stereocenters. The number of fused-ring (bicyclic) bond motifs is 1. The minimum absolute atomic E-state index is 0.114. The van der Waals surface area contributed by atoms with Gasteiger partial charge >= 0.3 is 0 Å². The van der Waals surface area contributed by atoms with Crippen molar-refractivity contribution in [1.29, 1.82) is 0 Å². The fourth-order valence-electron chi connectivity index (χ4n) is 3.16. The van der Waals surface area contributed by atoms with Gasteiger partial charge in [-0.3, -0.25) is 4.79 Å². The first-order valence-corrected chi connectivity index (χ1v) is 8.62. The number of H-pyrrole nitrogens is 1. The van der Waals surface area contributed by atoms with Gasteiger partial charge < -0.3 is 20.4 Å². The van der Waals surface area contributed by atoms with Crippen LogP contribution in [0.1, 0.15) is 12.1 Å². The lowest BCUT2D eigenvalue weighted by Crippen LogP contribution is -2.40. The molecule has 3 N–H and O–H groups in total. The summed E-state index contributed by atoms with van der Waals surface area (Å²) < 4.78 is 5.28. The summed E-state index contributed by atoms with van der Waals surface area (Å²) >= 11 is 0. The molecule has 0 radical (unpaired) electrons. The van der Waals surface area contributed by atoms with Gasteiger partial charge in [0.25, 0.3) is 0 Å². The quantitative estimate of drug-likeness (QED) is 0.734. The minimum atomic E-state index is 0.114. The normalized spacial score (nSPS) is 14.7. The monoisotopic (exact) mass is 352 g/mol. The summed E-state index contributed by atoms with van der Waals surface area (Å²) in [6.07, 6.45) is 4.52. The fraction of sp³-hybridized carbons (Fsp3) is 0.333. The molecular formula is C18H20N6O2. The number of nitrogen functional groups attached to an aromatic ring is 1. The van der Waals surface area contributed by atoms with E-state index >= 15 is 0 Å². The maximum atomic E-state index is 12.3. The lowest BCUT2D eigenvalue weighted by molar-refractivity contribution is -0.135. The van der Waals surface area contributed by atoms with Gasteiger partial charge in [-0.2, -0.15) is 0 Å². The number of nitrogens with two attached hydrogens (primary N) is 1. The summed E-state index contributed by atoms with van der Waals surface area (Å²) in [7, 11) is 0. The van der Waals surface area contributed by atoms with E-state index in [1.54, 1.807) is 6.20 Å². The molecule has 1 fully saturated rings. The number of amides is 1. The summed E-state index contributed by atoms with van der Waals surface area (Å²) in [5.41, 5.74) is 9.10. The number of rotatable bonds is 4. The SMILES string of the molecule is Nc1nc(CCC(=O)N2CCOCC2)cc(-c2c[nH]c3ncccc23)n1. The number of hydrogen-bond donors (Lipinski definition) is 2. The molecule has 1 saturated heterocycles. The van der Waals surface area contributed by atoms with Crippen LogP contribution in [0.15, 0.2) is 30.6 Å². The first kappa shape index (κ1) is 16.5. The topological polar surface area (TPSA) is 110 Å². The van der Waals surface area contributed by atoms with Gasteiger partial charge in [-0.05, 0) is 24.6 Å². The van der Waals surface area contributed by atoms with Gasteiger partial charge in [-0.15, -0.1) is 0 Å². The number of ether oxygens (including phenoxy) is 1. The third-order valence-electron chi connectivity index (χ3n) is 4.48. The van der Waals surface area contributed by atoms with Crippen molar-refractivity contribution in [3.63, 3.8) is 0 Å². The molecule has 0 unspecified atom stereocenters. The highest BCUT2D eigenvalue weighted by molar-refractivity contribution is 5.92. The Balaban J connectivity index is 1.54. The molecule has 26 heavy (non-hydrogen) atoms. The van der Waals surface area contributed by atoms with E-state index in [1.807, 2.05) is 29.3 Å². The number of anilines is 1. The zero-order valence-corrected chi connectivity index (χ0v) is 14.3. The second kappa shape index (κ2) is 7.09. The largest absolute Gasteiger partial charge is 0.378 e. The number of pyridine rings is 1. The predicted molar refractivity (Wildman–Crippen MR) is 97.3 cm³/mol. The molecule has 1 aliphatic heterocycles. The Labute approximate surface area is 150 Å². The summed E-state index contributed by atoms with van der Waals surface area (Å²) in [5.74, 6) is 0.317. The number of aromatic amines is 1. The van der Waals surface area contributed by atoms with Crippen LogP contribution in [-0.4, -0.2) is 57.0 Å². The van der Waals surface area contributed by atoms with E-state index < -0.39 is 0 Å². The van der Waals surface area contributed by atoms with Crippen LogP contribution in [0.3, 0.4) is 0 Å². The third kappa shape index (κ3) is 3.36. The van der Waals surface area contributed by atoms with Crippen molar-refractivity contribution in [2.75, 3.05) is 32.0 Å². The molecule has 0 saturated carbocycles. The zero-order valence-electron chi connectivity index (χ0n) is 14.3. The molecule has 0 bridgehead atoms. The number of aromatic nitrogens is 4. The molecule has 4 rings (SSSR count). The molecule has 0 aliphatic carbocycles. The maximum Gasteiger partial charge on any atom is 0.223 e. The van der Waals surface area contributed by atoms with Crippen LogP contribution in [0.4, 0.5) is 5.95 Å². The Morgan fingerprint density at radius 3 is 3.00 bits per heavy atom. The molecule has 4 heterocycles. The third-order valence-corrected chi connectivity index (χ3v) is 4.48. The standard InChI is InChI=1S/C18H20N6O2/c19-18-22-12(3-4-16(25)24-6-8-26-9-7-24)10-15(23-18)14-11-21-17-13(14)2-1-5-20-17/h1-2,5,10-11H,3-4,6-9H2,(H,20,21)(H2,19,22,23). The van der Waals surface area contributed by atoms with Gasteiger partial charge in [0.05, 0.1) is 18.9 Å². The lowest BCUT2D eigenvalue weighted by atomic mass is 10.1. The van der Waals surface area contributed by atoms with E-state index in [-0.39, 0.29) is 11.9 Å². The van der Waals surface area contributed by atoms with E-state index in [4.69, 9.17) is 10.5 Å². The number of nitrogens with one attached hydrogen (secondary N) is 1. The second-order valence-electron chi connectivity index (χ2n) is 6.20. The number of aryl methyl sites for hydroxylation is 1. The minimum Gasteiger partial charge on any atom is -0.378 e. The molecule has 8 nitrogen and oxygen atoms in total. The molecule has 134 valence electrons. The Hall–Kier alpha value is -3.00. The Morgan fingerprint density at radius 1 is 1.31 bits per heavy atom. The molecule has 1 aliphatic rings. The van der Waals surface area contributed by atoms with Crippen LogP contribution in [0.2, 0.25) is 0 Å². The average Bonchev–Trinajstić information content (AvgIpc) is 3.10. The van der Waals surface area contributed by atoms with E-state index in [9.17, 15) is 4.79 Å². The van der Waals surface area contributed by atoms with E-state index in [0.29, 0.717) is 39.1 Å². The molecular weight excluding hydrogens is 332 g/mol. The number of carbonyl (C=O) groups is 1. The highest BCUT2D eigenvalue weighted by atomic mass is 16.5. The van der Waals surface area contributed by atoms with Gasteiger partial charge in [-0.1, -0.05) is 0 Å². The molecule has 3 aromatic heterocycles. The number of hydrogen-bond acceptors (Lipinski definition) is 6. The van der Waals surface area contributed by atoms with Crippen LogP contribution in [0, 0.1) is 0 Å². The van der Waals surface area contributed by atoms with Crippen LogP contribution in [0.25, 0.3) is 22.3 Å². The van der Waals surface area contributed by atoms with Gasteiger partial charge in [0.1, 0.15) is 5.65 Å². The van der Waals surface area contributed by atoms with Crippen molar-refractivity contribution >= 4 is 22.9 Å². The zero-order chi connectivity index (χ0) is 17.9. The lowest BCUT2D eigenvalue weighted by Gasteiger charge is -2.26. The first-order chi connectivity index (χ1) is 12.7. The number of nitrogens with zero attached hydrogens (tertiary/aromatic N) is 4. The van der Waals surface area contributed by atoms with Gasteiger partial charge in [0, 0.05) is 48.5 Å². The van der Waals surface area contributed by atoms with Crippen molar-refractivity contribution in [2.24, 2.45) is 0 Å². The summed E-state index contributed by atoms with van der Waals surface area (Å²) in [6.45, 7) is 2.51. The second-order valence-corrected chi connectivity index (χ2v) is 6.20. The van der Waals surface area contributed by atoms with E-state index in [1.165, 1.54) is 0 Å². The molecule has 1 amide bonds. The molecule has 3 aromatic rings. The van der Waals surface area contributed by atoms with Crippen molar-refractivity contribution in [3.05, 3.63) is 36.3 Å². The average molecular weight is 352 g/mol. The van der Waals surface area contributed by atoms with Crippen molar-refractivity contribution in [3.8, 4) is 11.3 Å². The first-order valence-electron chi connectivity index (χ1n) is 8.62. The number of carbonyl (C=O) groups excluding carboxylic acids is 1. The fourth-order valence-corrected chi connectivity index (χ4v) is 3.16. The van der Waals surface area contributed by atoms with Crippen LogP contribution in [0.5, 0.6) is 0 Å². The smallest absolute Gasteiger partial charge is 0.223 e. The van der Waals surface area contributed by atoms with E-state index in [0.717, 1.165) is 28.0 Å². The predicted octanol–water partition coefficient (Wildman–Crippen LogP) is 1.39. The molecule has 0 spiro atoms. The van der Waals surface area contributed by atoms with Crippen LogP contribution < -0.4 is 5.73 Å². The van der Waals surface area contributed by atoms with Crippen molar-refractivity contribution in [1.82, 2.24) is 24.8 Å². The van der Waals surface area contributed by atoms with Crippen molar-refractivity contribution < 1.29 is 9.53 Å².